The van der Waals surface area contributed by atoms with Crippen molar-refractivity contribution < 1.29 is 4.79 Å². The Bertz CT molecular complexity index is 803. The van der Waals surface area contributed by atoms with Crippen LogP contribution in [0.5, 0.6) is 0 Å². The molecule has 1 aliphatic carbocycles. The normalized spacial score (nSPS) is 20.8. The predicted octanol–water partition coefficient (Wildman–Crippen LogP) is 3.01. The molecule has 0 radical (unpaired) electrons. The van der Waals surface area contributed by atoms with Gasteiger partial charge in [-0.05, 0) is 43.7 Å². The number of fused-ring (bicyclic) bond motifs is 1. The Morgan fingerprint density at radius 3 is 2.86 bits per heavy atom. The van der Waals surface area contributed by atoms with Crippen LogP contribution >= 0.6 is 0 Å². The first-order valence-corrected chi connectivity index (χ1v) is 10.6. The molecule has 2 fully saturated rings. The lowest BCUT2D eigenvalue weighted by atomic mass is 10.1. The highest BCUT2D eigenvalue weighted by Crippen LogP contribution is 2.27. The van der Waals surface area contributed by atoms with Crippen LogP contribution in [-0.4, -0.2) is 47.4 Å². The summed E-state index contributed by atoms with van der Waals surface area (Å²) in [4.78, 5) is 22.9. The number of hydrogen-bond acceptors (Lipinski definition) is 2. The average Bonchev–Trinajstić information content (AvgIpc) is 3.45. The number of likely N-dealkylation sites (tertiary alicyclic amines) is 1. The summed E-state index contributed by atoms with van der Waals surface area (Å²) in [5, 5.41) is 8.07. The van der Waals surface area contributed by atoms with E-state index in [9.17, 15) is 4.79 Å². The molecule has 1 aromatic carbocycles. The number of benzene rings is 1. The van der Waals surface area contributed by atoms with Gasteiger partial charge in [-0.2, -0.15) is 0 Å². The SMILES string of the molecule is CCNC(=NCc1cc2ccccc2[nH]1)NC1CCN(C(=O)C2CCCC2)C1. The van der Waals surface area contributed by atoms with Gasteiger partial charge in [0.1, 0.15) is 0 Å². The fourth-order valence-electron chi connectivity index (χ4n) is 4.41. The second kappa shape index (κ2) is 8.67. The first-order valence-electron chi connectivity index (χ1n) is 10.6. The van der Waals surface area contributed by atoms with Crippen molar-refractivity contribution in [2.24, 2.45) is 10.9 Å². The van der Waals surface area contributed by atoms with E-state index in [1.54, 1.807) is 0 Å². The largest absolute Gasteiger partial charge is 0.357 e. The van der Waals surface area contributed by atoms with Crippen LogP contribution in [0.15, 0.2) is 35.3 Å². The molecular formula is C22H31N5O. The Kier molecular flexibility index (Phi) is 5.84. The minimum absolute atomic E-state index is 0.266. The van der Waals surface area contributed by atoms with Crippen LogP contribution in [0.25, 0.3) is 10.9 Å². The maximum Gasteiger partial charge on any atom is 0.225 e. The maximum atomic E-state index is 12.6. The van der Waals surface area contributed by atoms with Gasteiger partial charge in [0.25, 0.3) is 0 Å². The van der Waals surface area contributed by atoms with Gasteiger partial charge in [0.05, 0.1) is 6.54 Å². The van der Waals surface area contributed by atoms with Crippen LogP contribution < -0.4 is 10.6 Å². The van der Waals surface area contributed by atoms with Crippen molar-refractivity contribution in [3.8, 4) is 0 Å². The quantitative estimate of drug-likeness (QED) is 0.551. The standard InChI is InChI=1S/C22H31N5O/c1-2-23-22(24-14-19-13-17-9-5-6-10-20(17)25-19)26-18-11-12-27(15-18)21(28)16-7-3-4-8-16/h5-6,9-10,13,16,18,25H,2-4,7-8,11-12,14-15H2,1H3,(H2,23,24,26). The molecule has 28 heavy (non-hydrogen) atoms. The van der Waals surface area contributed by atoms with E-state index < -0.39 is 0 Å². The predicted molar refractivity (Wildman–Crippen MR) is 113 cm³/mol. The third kappa shape index (κ3) is 4.32. The molecule has 150 valence electrons. The minimum Gasteiger partial charge on any atom is -0.357 e. The number of carbonyl (C=O) groups excluding carboxylic acids is 1. The van der Waals surface area contributed by atoms with Crippen LogP contribution in [0.3, 0.4) is 0 Å². The number of aromatic amines is 1. The van der Waals surface area contributed by atoms with Gasteiger partial charge in [0.2, 0.25) is 5.91 Å². The third-order valence-electron chi connectivity index (χ3n) is 5.88. The van der Waals surface area contributed by atoms with E-state index in [1.807, 2.05) is 12.1 Å². The lowest BCUT2D eigenvalue weighted by Gasteiger charge is -2.21. The highest BCUT2D eigenvalue weighted by molar-refractivity contribution is 5.82. The molecule has 1 saturated carbocycles. The van der Waals surface area contributed by atoms with Crippen molar-refractivity contribution in [2.45, 2.75) is 51.6 Å². The van der Waals surface area contributed by atoms with Crippen molar-refractivity contribution in [3.05, 3.63) is 36.0 Å². The van der Waals surface area contributed by atoms with Gasteiger partial charge in [-0.25, -0.2) is 4.99 Å². The molecule has 6 heteroatoms. The summed E-state index contributed by atoms with van der Waals surface area (Å²) >= 11 is 0. The summed E-state index contributed by atoms with van der Waals surface area (Å²) in [5.41, 5.74) is 2.24. The van der Waals surface area contributed by atoms with Gasteiger partial charge in [0, 0.05) is 42.8 Å². The minimum atomic E-state index is 0.266. The molecule has 1 amide bonds. The fraction of sp³-hybridized carbons (Fsp3) is 0.545. The van der Waals surface area contributed by atoms with E-state index >= 15 is 0 Å². The molecule has 0 bridgehead atoms. The second-order valence-corrected chi connectivity index (χ2v) is 7.97. The summed E-state index contributed by atoms with van der Waals surface area (Å²) < 4.78 is 0. The van der Waals surface area contributed by atoms with Gasteiger partial charge in [0.15, 0.2) is 5.96 Å². The lowest BCUT2D eigenvalue weighted by Crippen LogP contribution is -2.45. The smallest absolute Gasteiger partial charge is 0.225 e. The zero-order valence-electron chi connectivity index (χ0n) is 16.7. The number of nitrogens with zero attached hydrogens (tertiary/aromatic N) is 2. The van der Waals surface area contributed by atoms with Gasteiger partial charge in [-0.15, -0.1) is 0 Å². The van der Waals surface area contributed by atoms with Crippen LogP contribution in [0.2, 0.25) is 0 Å². The average molecular weight is 382 g/mol. The molecule has 1 atom stereocenters. The molecular weight excluding hydrogens is 350 g/mol. The van der Waals surface area contributed by atoms with E-state index in [4.69, 9.17) is 4.99 Å². The molecule has 3 N–H and O–H groups in total. The van der Waals surface area contributed by atoms with Crippen molar-refractivity contribution >= 4 is 22.8 Å². The zero-order valence-corrected chi connectivity index (χ0v) is 16.7. The van der Waals surface area contributed by atoms with Crippen LogP contribution in [-0.2, 0) is 11.3 Å². The summed E-state index contributed by atoms with van der Waals surface area (Å²) in [5.74, 6) is 1.45. The molecule has 0 spiro atoms. The number of hydrogen-bond donors (Lipinski definition) is 3. The number of aliphatic imine (C=N–C) groups is 1. The Morgan fingerprint density at radius 2 is 2.07 bits per heavy atom. The van der Waals surface area contributed by atoms with Crippen LogP contribution in [0, 0.1) is 5.92 Å². The Labute approximate surface area is 166 Å². The number of H-pyrrole nitrogens is 1. The number of amides is 1. The Morgan fingerprint density at radius 1 is 1.25 bits per heavy atom. The lowest BCUT2D eigenvalue weighted by molar-refractivity contribution is -0.134. The van der Waals surface area contributed by atoms with E-state index in [2.05, 4.69) is 45.6 Å². The van der Waals surface area contributed by atoms with Gasteiger partial charge in [-0.1, -0.05) is 31.0 Å². The molecule has 2 aromatic rings. The van der Waals surface area contributed by atoms with Crippen molar-refractivity contribution in [1.29, 1.82) is 0 Å². The first kappa shape index (κ1) is 18.8. The highest BCUT2D eigenvalue weighted by atomic mass is 16.2. The summed E-state index contributed by atoms with van der Waals surface area (Å²) in [6.45, 7) is 5.13. The number of guanidine groups is 1. The van der Waals surface area contributed by atoms with Crippen molar-refractivity contribution in [1.82, 2.24) is 20.5 Å². The molecule has 1 aromatic heterocycles. The van der Waals surface area contributed by atoms with Crippen LogP contribution in [0.4, 0.5) is 0 Å². The number of aromatic nitrogens is 1. The molecule has 4 rings (SSSR count). The van der Waals surface area contributed by atoms with Crippen LogP contribution in [0.1, 0.15) is 44.7 Å². The number of para-hydroxylation sites is 1. The van der Waals surface area contributed by atoms with Crippen molar-refractivity contribution in [3.63, 3.8) is 0 Å². The highest BCUT2D eigenvalue weighted by Gasteiger charge is 2.32. The van der Waals surface area contributed by atoms with Gasteiger partial charge < -0.3 is 20.5 Å². The van der Waals surface area contributed by atoms with E-state index in [0.717, 1.165) is 56.1 Å². The molecule has 1 aliphatic heterocycles. The molecule has 1 saturated heterocycles. The maximum absolute atomic E-state index is 12.6. The van der Waals surface area contributed by atoms with E-state index in [1.165, 1.54) is 18.2 Å². The molecule has 1 unspecified atom stereocenters. The molecule has 2 heterocycles. The van der Waals surface area contributed by atoms with Gasteiger partial charge >= 0.3 is 0 Å². The monoisotopic (exact) mass is 381 g/mol. The Balaban J connectivity index is 1.35. The number of rotatable bonds is 5. The van der Waals surface area contributed by atoms with E-state index in [0.29, 0.717) is 12.5 Å². The van der Waals surface area contributed by atoms with Gasteiger partial charge in [-0.3, -0.25) is 4.79 Å². The third-order valence-corrected chi connectivity index (χ3v) is 5.88. The fourth-order valence-corrected chi connectivity index (χ4v) is 4.41. The Hall–Kier alpha value is -2.50. The van der Waals surface area contributed by atoms with E-state index in [-0.39, 0.29) is 12.0 Å². The number of carbonyl (C=O) groups is 1. The summed E-state index contributed by atoms with van der Waals surface area (Å²) in [6.07, 6.45) is 5.53. The first-order chi connectivity index (χ1) is 13.7. The summed E-state index contributed by atoms with van der Waals surface area (Å²) in [7, 11) is 0. The van der Waals surface area contributed by atoms with Crippen molar-refractivity contribution in [2.75, 3.05) is 19.6 Å². The topological polar surface area (TPSA) is 72.5 Å². The number of nitrogens with one attached hydrogen (secondary N) is 3. The molecule has 6 nitrogen and oxygen atoms in total. The zero-order chi connectivity index (χ0) is 19.3. The molecule has 2 aliphatic rings. The second-order valence-electron chi connectivity index (χ2n) is 7.97. The summed E-state index contributed by atoms with van der Waals surface area (Å²) in [6, 6.07) is 10.7.